The molecule has 0 aliphatic heterocycles. The van der Waals surface area contributed by atoms with E-state index in [2.05, 4.69) is 56.5 Å². The first-order valence-electron chi connectivity index (χ1n) is 17.2. The molecule has 0 nitrogen and oxygen atoms in total. The van der Waals surface area contributed by atoms with Crippen LogP contribution in [-0.4, -0.2) is 0 Å². The van der Waals surface area contributed by atoms with Crippen LogP contribution < -0.4 is 0 Å². The molecular formula is C36H60Br2S2. The van der Waals surface area contributed by atoms with Gasteiger partial charge in [0.05, 0.1) is 7.57 Å². The SMILES string of the molecule is CCCCCCCCCCCCCCc1c(-c2csc(Br)c2CCCCCCCCCCCCCC)csc1Br. The first-order chi connectivity index (χ1) is 19.7. The molecule has 0 saturated carbocycles. The van der Waals surface area contributed by atoms with Crippen LogP contribution in [-0.2, 0) is 12.8 Å². The Hall–Kier alpha value is 0.360. The lowest BCUT2D eigenvalue weighted by atomic mass is 9.96. The molecule has 2 aromatic heterocycles. The van der Waals surface area contributed by atoms with Crippen LogP contribution in [0.15, 0.2) is 18.3 Å². The number of thiophene rings is 2. The fourth-order valence-corrected chi connectivity index (χ4v) is 9.00. The van der Waals surface area contributed by atoms with Crippen LogP contribution in [0.3, 0.4) is 0 Å². The van der Waals surface area contributed by atoms with Gasteiger partial charge >= 0.3 is 0 Å². The molecule has 2 rings (SSSR count). The molecule has 4 heteroatoms. The molecule has 0 aliphatic carbocycles. The number of unbranched alkanes of at least 4 members (excludes halogenated alkanes) is 22. The zero-order chi connectivity index (χ0) is 28.7. The average Bonchev–Trinajstić information content (AvgIpc) is 3.51. The summed E-state index contributed by atoms with van der Waals surface area (Å²) in [7, 11) is 0. The van der Waals surface area contributed by atoms with E-state index >= 15 is 0 Å². The van der Waals surface area contributed by atoms with Gasteiger partial charge in [-0.1, -0.05) is 155 Å². The van der Waals surface area contributed by atoms with E-state index in [1.165, 1.54) is 186 Å². The van der Waals surface area contributed by atoms with E-state index < -0.39 is 0 Å². The fraction of sp³-hybridized carbons (Fsp3) is 0.778. The highest BCUT2D eigenvalue weighted by molar-refractivity contribution is 9.11. The van der Waals surface area contributed by atoms with E-state index in [4.69, 9.17) is 0 Å². The Kier molecular flexibility index (Phi) is 22.6. The van der Waals surface area contributed by atoms with Crippen LogP contribution in [0.2, 0.25) is 0 Å². The molecule has 2 heterocycles. The van der Waals surface area contributed by atoms with Crippen molar-refractivity contribution >= 4 is 54.5 Å². The first kappa shape index (κ1) is 36.6. The second-order valence-electron chi connectivity index (χ2n) is 12.1. The summed E-state index contributed by atoms with van der Waals surface area (Å²) in [5, 5.41) is 4.81. The number of hydrogen-bond donors (Lipinski definition) is 0. The van der Waals surface area contributed by atoms with Crippen molar-refractivity contribution in [1.29, 1.82) is 0 Å². The summed E-state index contributed by atoms with van der Waals surface area (Å²) in [6.07, 6.45) is 36.4. The van der Waals surface area contributed by atoms with Gasteiger partial charge in [-0.3, -0.25) is 0 Å². The largest absolute Gasteiger partial charge is 0.136 e. The van der Waals surface area contributed by atoms with Gasteiger partial charge in [-0.2, -0.15) is 0 Å². The van der Waals surface area contributed by atoms with Crippen molar-refractivity contribution in [2.75, 3.05) is 0 Å². The quantitative estimate of drug-likeness (QED) is 0.0808. The molecule has 0 amide bonds. The molecule has 0 saturated heterocycles. The molecule has 2 aromatic rings. The van der Waals surface area contributed by atoms with Gasteiger partial charge in [0.15, 0.2) is 0 Å². The second kappa shape index (κ2) is 24.8. The van der Waals surface area contributed by atoms with Gasteiger partial charge in [-0.25, -0.2) is 0 Å². The van der Waals surface area contributed by atoms with Gasteiger partial charge in [-0.15, -0.1) is 22.7 Å². The summed E-state index contributed by atoms with van der Waals surface area (Å²) < 4.78 is 2.70. The van der Waals surface area contributed by atoms with Gasteiger partial charge < -0.3 is 0 Å². The van der Waals surface area contributed by atoms with Crippen LogP contribution in [0.25, 0.3) is 11.1 Å². The molecule has 0 aliphatic rings. The Balaban J connectivity index is 1.63. The van der Waals surface area contributed by atoms with Crippen molar-refractivity contribution in [1.82, 2.24) is 0 Å². The van der Waals surface area contributed by atoms with Crippen molar-refractivity contribution in [2.45, 2.75) is 181 Å². The molecule has 0 spiro atoms. The Morgan fingerprint density at radius 2 is 0.650 bits per heavy atom. The van der Waals surface area contributed by atoms with Crippen LogP contribution in [0.1, 0.15) is 179 Å². The van der Waals surface area contributed by atoms with E-state index in [9.17, 15) is 0 Å². The summed E-state index contributed by atoms with van der Waals surface area (Å²) >= 11 is 11.6. The highest BCUT2D eigenvalue weighted by Crippen LogP contribution is 2.42. The molecule has 0 unspecified atom stereocenters. The van der Waals surface area contributed by atoms with E-state index in [1.54, 1.807) is 11.1 Å². The van der Waals surface area contributed by atoms with Crippen molar-refractivity contribution in [2.24, 2.45) is 0 Å². The third kappa shape index (κ3) is 15.7. The van der Waals surface area contributed by atoms with Crippen molar-refractivity contribution in [3.8, 4) is 11.1 Å². The molecule has 0 fully saturated rings. The number of rotatable bonds is 27. The third-order valence-electron chi connectivity index (χ3n) is 8.54. The van der Waals surface area contributed by atoms with Gasteiger partial charge in [-0.05, 0) is 79.8 Å². The van der Waals surface area contributed by atoms with E-state index in [1.807, 2.05) is 22.7 Å². The molecule has 0 radical (unpaired) electrons. The zero-order valence-corrected chi connectivity index (χ0v) is 30.9. The van der Waals surface area contributed by atoms with Crippen LogP contribution in [0, 0.1) is 0 Å². The summed E-state index contributed by atoms with van der Waals surface area (Å²) in [6.45, 7) is 4.61. The maximum Gasteiger partial charge on any atom is 0.0736 e. The van der Waals surface area contributed by atoms with E-state index in [0.29, 0.717) is 0 Å². The zero-order valence-electron chi connectivity index (χ0n) is 26.1. The predicted octanol–water partition coefficient (Wildman–Crippen LogP) is 15.5. The Morgan fingerprint density at radius 3 is 0.925 bits per heavy atom. The van der Waals surface area contributed by atoms with Crippen molar-refractivity contribution in [3.05, 3.63) is 29.5 Å². The predicted molar refractivity (Wildman–Crippen MR) is 193 cm³/mol. The summed E-state index contributed by atoms with van der Waals surface area (Å²) in [5.41, 5.74) is 6.10. The Labute approximate surface area is 274 Å². The molecule has 0 N–H and O–H groups in total. The second-order valence-corrected chi connectivity index (χ2v) is 16.5. The topological polar surface area (TPSA) is 0 Å². The number of hydrogen-bond acceptors (Lipinski definition) is 2. The summed E-state index contributed by atoms with van der Waals surface area (Å²) in [5.74, 6) is 0. The van der Waals surface area contributed by atoms with Gasteiger partial charge in [0.25, 0.3) is 0 Å². The van der Waals surface area contributed by atoms with Gasteiger partial charge in [0.2, 0.25) is 0 Å². The first-order valence-corrected chi connectivity index (χ1v) is 20.6. The maximum atomic E-state index is 3.90. The Bertz CT molecular complexity index is 783. The van der Waals surface area contributed by atoms with Gasteiger partial charge in [0, 0.05) is 10.8 Å². The summed E-state index contributed by atoms with van der Waals surface area (Å²) in [4.78, 5) is 0. The monoisotopic (exact) mass is 714 g/mol. The van der Waals surface area contributed by atoms with Crippen LogP contribution >= 0.6 is 54.5 Å². The lowest BCUT2D eigenvalue weighted by Crippen LogP contribution is -1.92. The smallest absolute Gasteiger partial charge is 0.0736 e. The van der Waals surface area contributed by atoms with Gasteiger partial charge in [0.1, 0.15) is 0 Å². The molecule has 230 valence electrons. The Morgan fingerprint density at radius 1 is 0.400 bits per heavy atom. The summed E-state index contributed by atoms with van der Waals surface area (Å²) in [6, 6.07) is 0. The molecule has 0 bridgehead atoms. The van der Waals surface area contributed by atoms with E-state index in [0.717, 1.165) is 0 Å². The molecule has 0 atom stereocenters. The lowest BCUT2D eigenvalue weighted by Gasteiger charge is -2.09. The standard InChI is InChI=1S/C36H60Br2S2/c1-3-5-7-9-11-13-15-17-19-21-23-25-27-31-33(29-39-35(31)37)34-30-40-36(38)32(34)28-26-24-22-20-18-16-14-12-10-8-6-4-2/h29-30H,3-28H2,1-2H3. The molecule has 40 heavy (non-hydrogen) atoms. The van der Waals surface area contributed by atoms with E-state index in [-0.39, 0.29) is 0 Å². The minimum Gasteiger partial charge on any atom is -0.136 e. The highest BCUT2D eigenvalue weighted by atomic mass is 79.9. The minimum absolute atomic E-state index is 1.21. The minimum atomic E-state index is 1.21. The third-order valence-corrected chi connectivity index (χ3v) is 12.2. The fourth-order valence-electron chi connectivity index (χ4n) is 5.92. The van der Waals surface area contributed by atoms with Crippen LogP contribution in [0.4, 0.5) is 0 Å². The molecule has 0 aromatic carbocycles. The van der Waals surface area contributed by atoms with Crippen LogP contribution in [0.5, 0.6) is 0 Å². The maximum absolute atomic E-state index is 3.90. The highest BCUT2D eigenvalue weighted by Gasteiger charge is 2.17. The average molecular weight is 717 g/mol. The van der Waals surface area contributed by atoms with Crippen molar-refractivity contribution in [3.63, 3.8) is 0 Å². The normalized spacial score (nSPS) is 11.6. The molecular weight excluding hydrogens is 656 g/mol. The number of halogens is 2. The lowest BCUT2D eigenvalue weighted by molar-refractivity contribution is 0.544. The van der Waals surface area contributed by atoms with Crippen molar-refractivity contribution < 1.29 is 0 Å².